The monoisotopic (exact) mass is 640 g/mol. The summed E-state index contributed by atoms with van der Waals surface area (Å²) in [5, 5.41) is 31.4. The van der Waals surface area contributed by atoms with E-state index in [9.17, 15) is 48.6 Å². The first-order valence-corrected chi connectivity index (χ1v) is 14.7. The lowest BCUT2D eigenvalue weighted by Crippen LogP contribution is -2.60. The number of allylic oxidation sites excluding steroid dienone is 1. The van der Waals surface area contributed by atoms with Crippen LogP contribution in [0.5, 0.6) is 0 Å². The molecule has 254 valence electrons. The second kappa shape index (κ2) is 20.6. The van der Waals surface area contributed by atoms with Gasteiger partial charge < -0.3 is 42.5 Å². The molecule has 0 heterocycles. The van der Waals surface area contributed by atoms with E-state index < -0.39 is 78.2 Å². The van der Waals surface area contributed by atoms with Crippen molar-refractivity contribution in [3.05, 3.63) is 12.2 Å². The van der Waals surface area contributed by atoms with Crippen LogP contribution in [-0.2, 0) is 38.4 Å². The van der Waals surface area contributed by atoms with Crippen molar-refractivity contribution in [2.24, 2.45) is 17.6 Å². The van der Waals surface area contributed by atoms with Crippen molar-refractivity contribution in [2.45, 2.75) is 104 Å². The van der Waals surface area contributed by atoms with Crippen LogP contribution in [0.4, 0.5) is 0 Å². The Bertz CT molecular complexity index is 1110. The Labute approximate surface area is 262 Å². The highest BCUT2D eigenvalue weighted by Gasteiger charge is 2.33. The van der Waals surface area contributed by atoms with E-state index in [2.05, 4.69) is 26.6 Å². The molecule has 0 spiro atoms. The molecule has 16 nitrogen and oxygen atoms in total. The Morgan fingerprint density at radius 2 is 1.27 bits per heavy atom. The fourth-order valence-electron chi connectivity index (χ4n) is 4.04. The Morgan fingerprint density at radius 1 is 0.756 bits per heavy atom. The van der Waals surface area contributed by atoms with Crippen molar-refractivity contribution in [2.75, 3.05) is 6.61 Å². The molecule has 0 aromatic heterocycles. The van der Waals surface area contributed by atoms with Crippen LogP contribution >= 0.6 is 0 Å². The van der Waals surface area contributed by atoms with Gasteiger partial charge in [-0.25, -0.2) is 4.79 Å². The summed E-state index contributed by atoms with van der Waals surface area (Å²) >= 11 is 0. The third-order valence-electron chi connectivity index (χ3n) is 6.66. The molecule has 0 fully saturated rings. The quantitative estimate of drug-likeness (QED) is 0.0666. The fourth-order valence-corrected chi connectivity index (χ4v) is 4.04. The molecule has 1 unspecified atom stereocenters. The molecule has 0 saturated heterocycles. The zero-order chi connectivity index (χ0) is 34.9. The van der Waals surface area contributed by atoms with Crippen LogP contribution in [-0.4, -0.2) is 94.2 Å². The van der Waals surface area contributed by atoms with E-state index in [-0.39, 0.29) is 43.3 Å². The molecule has 0 rings (SSSR count). The van der Waals surface area contributed by atoms with Crippen LogP contribution in [0.2, 0.25) is 0 Å². The highest BCUT2D eigenvalue weighted by molar-refractivity contribution is 5.96. The maximum Gasteiger partial charge on any atom is 0.326 e. The maximum atomic E-state index is 13.3. The average Bonchev–Trinajstić information content (AvgIpc) is 2.94. The molecule has 0 bridgehead atoms. The molecule has 9 N–H and O–H groups in total. The largest absolute Gasteiger partial charge is 0.480 e. The summed E-state index contributed by atoms with van der Waals surface area (Å²) < 4.78 is 0. The minimum atomic E-state index is -1.55. The van der Waals surface area contributed by atoms with Gasteiger partial charge in [-0.2, -0.15) is 0 Å². The standard InChI is InChI=1S/C29H48N6O10/c1-7-16(4)24(31-18(6)38)28(43)35-22(14-36)27(42)32-19(11-12-23(30)39)25(40)34-21(13-15(2)3)26(41)33-20(29(44)45)10-8-9-17(5)37/h8-9,15-16,19-22,24,36H,7,10-14H2,1-6H3,(H2,30,39)(H,31,38)(H,32,42)(H,33,41)(H,34,40)(H,35,43)(H,44,45)/b9-8+/t16?,19-,20-,21-,22-,24-/m0/s1. The molecule has 0 aliphatic rings. The first-order valence-electron chi connectivity index (χ1n) is 14.7. The van der Waals surface area contributed by atoms with Gasteiger partial charge in [0.15, 0.2) is 5.78 Å². The molecular formula is C29H48N6O10. The van der Waals surface area contributed by atoms with Gasteiger partial charge in [0.1, 0.15) is 30.2 Å². The van der Waals surface area contributed by atoms with Gasteiger partial charge in [0.25, 0.3) is 0 Å². The zero-order valence-corrected chi connectivity index (χ0v) is 26.7. The highest BCUT2D eigenvalue weighted by Crippen LogP contribution is 2.10. The number of aliphatic carboxylic acids is 1. The molecule has 0 saturated carbocycles. The van der Waals surface area contributed by atoms with Crippen molar-refractivity contribution in [1.82, 2.24) is 26.6 Å². The average molecular weight is 641 g/mol. The number of aliphatic hydroxyl groups is 1. The number of hydrogen-bond acceptors (Lipinski definition) is 9. The van der Waals surface area contributed by atoms with Gasteiger partial charge in [-0.1, -0.05) is 40.2 Å². The topological polar surface area (TPSA) is 263 Å². The number of carbonyl (C=O) groups excluding carboxylic acids is 7. The van der Waals surface area contributed by atoms with Crippen LogP contribution in [0.1, 0.15) is 73.6 Å². The van der Waals surface area contributed by atoms with Gasteiger partial charge in [-0.3, -0.25) is 33.6 Å². The molecule has 16 heteroatoms. The summed E-state index contributed by atoms with van der Waals surface area (Å²) in [5.74, 6) is -6.92. The van der Waals surface area contributed by atoms with Crippen molar-refractivity contribution in [1.29, 1.82) is 0 Å². The minimum Gasteiger partial charge on any atom is -0.480 e. The second-order valence-electron chi connectivity index (χ2n) is 11.2. The Balaban J connectivity index is 5.95. The van der Waals surface area contributed by atoms with Crippen LogP contribution < -0.4 is 32.3 Å². The molecule has 0 aliphatic heterocycles. The Morgan fingerprint density at radius 3 is 1.73 bits per heavy atom. The van der Waals surface area contributed by atoms with Gasteiger partial charge in [0.2, 0.25) is 35.4 Å². The molecule has 0 aliphatic carbocycles. The number of nitrogens with one attached hydrogen (secondary N) is 5. The fraction of sp³-hybridized carbons (Fsp3) is 0.655. The summed E-state index contributed by atoms with van der Waals surface area (Å²) in [6.45, 7) is 8.65. The highest BCUT2D eigenvalue weighted by atomic mass is 16.4. The number of rotatable bonds is 21. The number of carboxylic acid groups (broad SMARTS) is 1. The summed E-state index contributed by atoms with van der Waals surface area (Å²) in [4.78, 5) is 98.3. The minimum absolute atomic E-state index is 0.0686. The third kappa shape index (κ3) is 16.3. The van der Waals surface area contributed by atoms with Gasteiger partial charge in [0.05, 0.1) is 6.61 Å². The van der Waals surface area contributed by atoms with Gasteiger partial charge in [0, 0.05) is 13.3 Å². The number of carboxylic acids is 1. The van der Waals surface area contributed by atoms with Crippen molar-refractivity contribution < 1.29 is 48.6 Å². The normalized spacial score (nSPS) is 15.1. The molecule has 6 amide bonds. The van der Waals surface area contributed by atoms with E-state index in [0.717, 1.165) is 6.08 Å². The Hall–Kier alpha value is -4.34. The summed E-state index contributed by atoms with van der Waals surface area (Å²) in [6.07, 6.45) is 2.19. The summed E-state index contributed by atoms with van der Waals surface area (Å²) in [5.41, 5.74) is 5.23. The second-order valence-corrected chi connectivity index (χ2v) is 11.2. The zero-order valence-electron chi connectivity index (χ0n) is 26.7. The molecule has 6 atom stereocenters. The van der Waals surface area contributed by atoms with Crippen molar-refractivity contribution in [3.8, 4) is 0 Å². The number of nitrogens with two attached hydrogens (primary N) is 1. The predicted molar refractivity (Wildman–Crippen MR) is 162 cm³/mol. The molecule has 0 aromatic carbocycles. The number of hydrogen-bond donors (Lipinski definition) is 8. The smallest absolute Gasteiger partial charge is 0.326 e. The van der Waals surface area contributed by atoms with E-state index in [0.29, 0.717) is 6.42 Å². The maximum absolute atomic E-state index is 13.3. The van der Waals surface area contributed by atoms with Crippen molar-refractivity contribution in [3.63, 3.8) is 0 Å². The van der Waals surface area contributed by atoms with E-state index in [4.69, 9.17) is 5.73 Å². The first kappa shape index (κ1) is 40.7. The number of primary amides is 1. The summed E-state index contributed by atoms with van der Waals surface area (Å²) in [7, 11) is 0. The molecule has 0 radical (unpaired) electrons. The predicted octanol–water partition coefficient (Wildman–Crippen LogP) is -1.60. The Kier molecular flexibility index (Phi) is 18.6. The van der Waals surface area contributed by atoms with E-state index in [1.807, 2.05) is 0 Å². The number of ketones is 1. The lowest BCUT2D eigenvalue weighted by atomic mass is 9.98. The number of aliphatic hydroxyl groups excluding tert-OH is 1. The van der Waals surface area contributed by atoms with E-state index >= 15 is 0 Å². The van der Waals surface area contributed by atoms with Crippen LogP contribution in [0.15, 0.2) is 12.2 Å². The third-order valence-corrected chi connectivity index (χ3v) is 6.66. The van der Waals surface area contributed by atoms with Gasteiger partial charge in [-0.05, 0) is 44.1 Å². The number of carbonyl (C=O) groups is 8. The van der Waals surface area contributed by atoms with Crippen LogP contribution in [0.3, 0.4) is 0 Å². The van der Waals surface area contributed by atoms with Gasteiger partial charge >= 0.3 is 5.97 Å². The SMILES string of the molecule is CCC(C)[C@H](NC(C)=O)C(=O)N[C@@H](CO)C(=O)N[C@@H](CCC(N)=O)C(=O)N[C@@H](CC(C)C)C(=O)N[C@@H](C/C=C/C(C)=O)C(=O)O. The number of amides is 6. The van der Waals surface area contributed by atoms with Crippen molar-refractivity contribution >= 4 is 47.2 Å². The van der Waals surface area contributed by atoms with Crippen LogP contribution in [0.25, 0.3) is 0 Å². The van der Waals surface area contributed by atoms with Gasteiger partial charge in [-0.15, -0.1) is 0 Å². The van der Waals surface area contributed by atoms with E-state index in [1.54, 1.807) is 27.7 Å². The van der Waals surface area contributed by atoms with E-state index in [1.165, 1.54) is 19.9 Å². The molecule has 0 aromatic rings. The van der Waals surface area contributed by atoms with Crippen LogP contribution in [0, 0.1) is 11.8 Å². The lowest BCUT2D eigenvalue weighted by molar-refractivity contribution is -0.142. The lowest BCUT2D eigenvalue weighted by Gasteiger charge is -2.27. The summed E-state index contributed by atoms with van der Waals surface area (Å²) in [6, 6.07) is -6.67. The molecule has 45 heavy (non-hydrogen) atoms. The first-order chi connectivity index (χ1) is 20.9. The molecular weight excluding hydrogens is 592 g/mol.